The van der Waals surface area contributed by atoms with E-state index in [0.717, 1.165) is 52.6 Å². The van der Waals surface area contributed by atoms with E-state index in [4.69, 9.17) is 14.5 Å². The average molecular weight is 380 g/mol. The Morgan fingerprint density at radius 2 is 2.07 bits per heavy atom. The quantitative estimate of drug-likeness (QED) is 0.736. The van der Waals surface area contributed by atoms with Gasteiger partial charge < -0.3 is 9.47 Å². The molecule has 1 aromatic carbocycles. The second kappa shape index (κ2) is 6.67. The van der Waals surface area contributed by atoms with Gasteiger partial charge in [-0.05, 0) is 31.0 Å². The average Bonchev–Trinajstić information content (AvgIpc) is 3.48. The highest BCUT2D eigenvalue weighted by Gasteiger charge is 2.28. The number of hydrogen-bond donors (Lipinski definition) is 1. The molecule has 0 atom stereocenters. The molecular weight excluding hydrogens is 356 g/mol. The second-order valence-electron chi connectivity index (χ2n) is 7.66. The van der Waals surface area contributed by atoms with E-state index in [1.807, 2.05) is 24.3 Å². The molecule has 7 nitrogen and oxygen atoms in total. The van der Waals surface area contributed by atoms with Gasteiger partial charge in [0.25, 0.3) is 5.56 Å². The lowest BCUT2D eigenvalue weighted by atomic mass is 10.1. The van der Waals surface area contributed by atoms with Crippen molar-refractivity contribution in [1.29, 1.82) is 0 Å². The van der Waals surface area contributed by atoms with Crippen LogP contribution in [0.3, 0.4) is 0 Å². The smallest absolute Gasteiger partial charge is 0.277 e. The molecule has 1 aliphatic carbocycles. The highest BCUT2D eigenvalue weighted by atomic mass is 16.5. The van der Waals surface area contributed by atoms with Crippen molar-refractivity contribution in [2.75, 3.05) is 20.8 Å². The third-order valence-electron chi connectivity index (χ3n) is 5.76. The van der Waals surface area contributed by atoms with Crippen LogP contribution in [0.15, 0.2) is 29.1 Å². The highest BCUT2D eigenvalue weighted by molar-refractivity contribution is 5.44. The summed E-state index contributed by atoms with van der Waals surface area (Å²) in [5.41, 5.74) is 4.66. The number of aromatic amines is 1. The van der Waals surface area contributed by atoms with Crippen molar-refractivity contribution in [2.24, 2.45) is 0 Å². The number of aromatic nitrogens is 3. The summed E-state index contributed by atoms with van der Waals surface area (Å²) in [5, 5.41) is 3.26. The van der Waals surface area contributed by atoms with Gasteiger partial charge >= 0.3 is 0 Å². The van der Waals surface area contributed by atoms with Crippen LogP contribution in [0, 0.1) is 0 Å². The molecule has 1 aliphatic heterocycles. The summed E-state index contributed by atoms with van der Waals surface area (Å²) < 4.78 is 12.5. The standard InChI is InChI=1S/C21H24N4O3/c1-27-15-5-6-19(28-2)14(9-15)11-24-8-7-17-16(12-24)21(26)25-20(22-17)10-18(23-25)13-3-4-13/h5-6,9-10,13,23H,3-4,7-8,11-12H2,1-2H3. The Kier molecular flexibility index (Phi) is 4.12. The summed E-state index contributed by atoms with van der Waals surface area (Å²) in [4.78, 5) is 20.1. The normalized spacial score (nSPS) is 16.9. The minimum Gasteiger partial charge on any atom is -0.497 e. The summed E-state index contributed by atoms with van der Waals surface area (Å²) in [6, 6.07) is 7.84. The molecule has 0 unspecified atom stereocenters. The summed E-state index contributed by atoms with van der Waals surface area (Å²) in [5.74, 6) is 2.20. The van der Waals surface area contributed by atoms with Crippen LogP contribution >= 0.6 is 0 Å². The van der Waals surface area contributed by atoms with Crippen LogP contribution in [-0.2, 0) is 19.5 Å². The monoisotopic (exact) mass is 380 g/mol. The van der Waals surface area contributed by atoms with Gasteiger partial charge in [0.2, 0.25) is 0 Å². The SMILES string of the molecule is COc1ccc(OC)c(CN2CCc3nc4cc(C5CC5)[nH]n4c(=O)c3C2)c1. The Hall–Kier alpha value is -2.80. The van der Waals surface area contributed by atoms with Crippen LogP contribution in [0.5, 0.6) is 11.5 Å². The predicted molar refractivity (Wildman–Crippen MR) is 105 cm³/mol. The van der Waals surface area contributed by atoms with Gasteiger partial charge in [0, 0.05) is 49.3 Å². The molecule has 1 saturated carbocycles. The molecule has 146 valence electrons. The number of methoxy groups -OCH3 is 2. The molecule has 0 amide bonds. The van der Waals surface area contributed by atoms with E-state index in [9.17, 15) is 4.79 Å². The molecule has 1 fully saturated rings. The third kappa shape index (κ3) is 2.96. The van der Waals surface area contributed by atoms with Crippen molar-refractivity contribution in [3.8, 4) is 11.5 Å². The molecule has 0 bridgehead atoms. The Balaban J connectivity index is 1.45. The first-order valence-electron chi connectivity index (χ1n) is 9.73. The van der Waals surface area contributed by atoms with Gasteiger partial charge in [-0.2, -0.15) is 0 Å². The van der Waals surface area contributed by atoms with Crippen molar-refractivity contribution in [2.45, 2.75) is 38.3 Å². The molecular formula is C21H24N4O3. The molecule has 2 aromatic heterocycles. The number of H-pyrrole nitrogens is 1. The largest absolute Gasteiger partial charge is 0.497 e. The molecule has 28 heavy (non-hydrogen) atoms. The van der Waals surface area contributed by atoms with E-state index in [1.165, 1.54) is 12.8 Å². The Morgan fingerprint density at radius 1 is 1.21 bits per heavy atom. The first-order valence-corrected chi connectivity index (χ1v) is 9.73. The van der Waals surface area contributed by atoms with Crippen LogP contribution in [0.4, 0.5) is 0 Å². The van der Waals surface area contributed by atoms with Crippen LogP contribution in [0.1, 0.15) is 41.3 Å². The van der Waals surface area contributed by atoms with Crippen LogP contribution < -0.4 is 15.0 Å². The van der Waals surface area contributed by atoms with E-state index < -0.39 is 0 Å². The maximum Gasteiger partial charge on any atom is 0.277 e. The summed E-state index contributed by atoms with van der Waals surface area (Å²) >= 11 is 0. The summed E-state index contributed by atoms with van der Waals surface area (Å²) in [6.45, 7) is 2.14. The molecule has 0 spiro atoms. The molecule has 0 radical (unpaired) electrons. The van der Waals surface area contributed by atoms with E-state index in [-0.39, 0.29) is 5.56 Å². The van der Waals surface area contributed by atoms with Crippen LogP contribution in [0.25, 0.3) is 5.65 Å². The first kappa shape index (κ1) is 17.3. The highest BCUT2D eigenvalue weighted by Crippen LogP contribution is 2.39. The first-order chi connectivity index (χ1) is 13.7. The number of ether oxygens (including phenoxy) is 2. The Bertz CT molecular complexity index is 1100. The van der Waals surface area contributed by atoms with Gasteiger partial charge in [-0.3, -0.25) is 14.8 Å². The fraction of sp³-hybridized carbons (Fsp3) is 0.429. The maximum absolute atomic E-state index is 13.1. The molecule has 5 rings (SSSR count). The molecule has 0 saturated heterocycles. The van der Waals surface area contributed by atoms with Crippen LogP contribution in [0.2, 0.25) is 0 Å². The second-order valence-corrected chi connectivity index (χ2v) is 7.66. The number of nitrogens with one attached hydrogen (secondary N) is 1. The van der Waals surface area contributed by atoms with Gasteiger partial charge in [-0.25, -0.2) is 9.50 Å². The van der Waals surface area contributed by atoms with Gasteiger partial charge in [-0.1, -0.05) is 0 Å². The van der Waals surface area contributed by atoms with E-state index in [1.54, 1.807) is 18.7 Å². The van der Waals surface area contributed by atoms with Gasteiger partial charge in [0.1, 0.15) is 11.5 Å². The molecule has 3 aromatic rings. The van der Waals surface area contributed by atoms with Gasteiger partial charge in [0.15, 0.2) is 5.65 Å². The van der Waals surface area contributed by atoms with Crippen molar-refractivity contribution >= 4 is 5.65 Å². The van der Waals surface area contributed by atoms with E-state index in [0.29, 0.717) is 19.0 Å². The van der Waals surface area contributed by atoms with Crippen molar-refractivity contribution in [3.05, 3.63) is 57.1 Å². The van der Waals surface area contributed by atoms with Gasteiger partial charge in [0.05, 0.1) is 25.5 Å². The number of hydrogen-bond acceptors (Lipinski definition) is 5. The number of benzene rings is 1. The lowest BCUT2D eigenvalue weighted by Crippen LogP contribution is -2.36. The zero-order valence-corrected chi connectivity index (χ0v) is 16.2. The zero-order valence-electron chi connectivity index (χ0n) is 16.2. The topological polar surface area (TPSA) is 71.9 Å². The summed E-state index contributed by atoms with van der Waals surface area (Å²) in [7, 11) is 3.33. The van der Waals surface area contributed by atoms with Gasteiger partial charge in [-0.15, -0.1) is 0 Å². The van der Waals surface area contributed by atoms with Crippen molar-refractivity contribution in [1.82, 2.24) is 19.5 Å². The molecule has 3 heterocycles. The molecule has 1 N–H and O–H groups in total. The van der Waals surface area contributed by atoms with E-state index >= 15 is 0 Å². The number of fused-ring (bicyclic) bond motifs is 2. The predicted octanol–water partition coefficient (Wildman–Crippen LogP) is 2.48. The lowest BCUT2D eigenvalue weighted by Gasteiger charge is -2.28. The van der Waals surface area contributed by atoms with Crippen molar-refractivity contribution < 1.29 is 9.47 Å². The van der Waals surface area contributed by atoms with Crippen molar-refractivity contribution in [3.63, 3.8) is 0 Å². The number of nitrogens with zero attached hydrogens (tertiary/aromatic N) is 3. The molecule has 2 aliphatic rings. The van der Waals surface area contributed by atoms with Crippen LogP contribution in [-0.4, -0.2) is 40.3 Å². The fourth-order valence-corrected chi connectivity index (χ4v) is 4.04. The fourth-order valence-electron chi connectivity index (χ4n) is 4.04. The molecule has 7 heteroatoms. The maximum atomic E-state index is 13.1. The third-order valence-corrected chi connectivity index (χ3v) is 5.76. The van der Waals surface area contributed by atoms with E-state index in [2.05, 4.69) is 10.00 Å². The minimum absolute atomic E-state index is 0.0224. The zero-order chi connectivity index (χ0) is 19.3. The Morgan fingerprint density at radius 3 is 2.82 bits per heavy atom. The lowest BCUT2D eigenvalue weighted by molar-refractivity contribution is 0.237. The summed E-state index contributed by atoms with van der Waals surface area (Å²) in [6.07, 6.45) is 3.16. The minimum atomic E-state index is 0.0224. The number of rotatable bonds is 5. The Labute approximate surface area is 162 Å².